The van der Waals surface area contributed by atoms with Gasteiger partial charge in [0.2, 0.25) is 5.91 Å². The second kappa shape index (κ2) is 8.72. The van der Waals surface area contributed by atoms with Crippen LogP contribution in [0.1, 0.15) is 34.1 Å². The molecule has 0 radical (unpaired) electrons. The zero-order valence-electron chi connectivity index (χ0n) is 14.4. The Morgan fingerprint density at radius 1 is 1.25 bits per heavy atom. The third kappa shape index (κ3) is 6.33. The quantitative estimate of drug-likeness (QED) is 0.434. The number of hydrogen-bond donors (Lipinski definition) is 4. The second-order valence-electron chi connectivity index (χ2n) is 6.64. The molecule has 1 fully saturated rings. The van der Waals surface area contributed by atoms with Gasteiger partial charge in [-0.1, -0.05) is 0 Å². The van der Waals surface area contributed by atoms with Gasteiger partial charge in [-0.2, -0.15) is 0 Å². The van der Waals surface area contributed by atoms with E-state index >= 15 is 0 Å². The van der Waals surface area contributed by atoms with Gasteiger partial charge in [0.15, 0.2) is 6.29 Å². The van der Waals surface area contributed by atoms with Crippen LogP contribution < -0.4 is 5.32 Å². The fraction of sp³-hybridized carbons (Fsp3) is 0.867. The number of rotatable bonds is 6. The lowest BCUT2D eigenvalue weighted by molar-refractivity contribution is -0.262. The van der Waals surface area contributed by atoms with Gasteiger partial charge in [0.25, 0.3) is 0 Å². The van der Waals surface area contributed by atoms with Gasteiger partial charge in [-0.25, -0.2) is 0 Å². The van der Waals surface area contributed by atoms with Crippen LogP contribution in [0.15, 0.2) is 0 Å². The lowest BCUT2D eigenvalue weighted by atomic mass is 9.96. The first-order valence-electron chi connectivity index (χ1n) is 7.78. The molecule has 5 atom stereocenters. The Kier molecular flexibility index (Phi) is 7.56. The first-order chi connectivity index (χ1) is 11.0. The number of aliphatic hydroxyl groups excluding tert-OH is 3. The Bertz CT molecular complexity index is 436. The van der Waals surface area contributed by atoms with Crippen molar-refractivity contribution in [2.75, 3.05) is 13.2 Å². The lowest BCUT2D eigenvalue weighted by Gasteiger charge is -2.42. The van der Waals surface area contributed by atoms with E-state index < -0.39 is 54.7 Å². The molecule has 2 unspecified atom stereocenters. The number of carbonyl (C=O) groups excluding carboxylic acids is 2. The molecule has 0 aromatic rings. The summed E-state index contributed by atoms with van der Waals surface area (Å²) in [7, 11) is 0. The van der Waals surface area contributed by atoms with Gasteiger partial charge in [-0.15, -0.1) is 0 Å². The topological polar surface area (TPSA) is 135 Å². The van der Waals surface area contributed by atoms with Crippen molar-refractivity contribution in [1.29, 1.82) is 0 Å². The predicted molar refractivity (Wildman–Crippen MR) is 81.8 cm³/mol. The fourth-order valence-corrected chi connectivity index (χ4v) is 2.34. The van der Waals surface area contributed by atoms with Crippen LogP contribution in [-0.2, 0) is 23.8 Å². The maximum absolute atomic E-state index is 11.7. The van der Waals surface area contributed by atoms with Crippen molar-refractivity contribution in [2.45, 2.75) is 70.4 Å². The average molecular weight is 349 g/mol. The van der Waals surface area contributed by atoms with Gasteiger partial charge in [0, 0.05) is 6.92 Å². The number of amides is 1. The van der Waals surface area contributed by atoms with E-state index in [1.165, 1.54) is 6.92 Å². The summed E-state index contributed by atoms with van der Waals surface area (Å²) in [6.45, 7) is 5.85. The molecular formula is C15H27NO8. The fourth-order valence-electron chi connectivity index (χ4n) is 2.34. The van der Waals surface area contributed by atoms with E-state index in [4.69, 9.17) is 14.2 Å². The highest BCUT2D eigenvalue weighted by Crippen LogP contribution is 2.23. The predicted octanol–water partition coefficient (Wildman–Crippen LogP) is -1.32. The molecule has 0 aliphatic carbocycles. The summed E-state index contributed by atoms with van der Waals surface area (Å²) < 4.78 is 15.7. The highest BCUT2D eigenvalue weighted by atomic mass is 16.6. The lowest BCUT2D eigenvalue weighted by Crippen LogP contribution is -2.64. The maximum Gasteiger partial charge on any atom is 0.308 e. The Morgan fingerprint density at radius 2 is 1.88 bits per heavy atom. The highest BCUT2D eigenvalue weighted by molar-refractivity contribution is 5.73. The van der Waals surface area contributed by atoms with E-state index in [1.807, 2.05) is 0 Å². The van der Waals surface area contributed by atoms with Crippen LogP contribution in [0.5, 0.6) is 0 Å². The smallest absolute Gasteiger partial charge is 0.308 e. The standard InChI is InChI=1S/C15H27NO8/c1-8(18)16-11-13(12(20)9(7-17)23-14(11)21)22-6-5-10(19)24-15(2,3)4/h9,11-14,17,20-21H,5-7H2,1-4H3,(H,16,18)/t9?,11-,12+,13?,14+/m1/s1. The van der Waals surface area contributed by atoms with Crippen LogP contribution >= 0.6 is 0 Å². The summed E-state index contributed by atoms with van der Waals surface area (Å²) in [5.74, 6) is -0.919. The minimum Gasteiger partial charge on any atom is -0.460 e. The minimum atomic E-state index is -1.46. The van der Waals surface area contributed by atoms with Crippen molar-refractivity contribution < 1.29 is 39.1 Å². The zero-order chi connectivity index (χ0) is 18.5. The van der Waals surface area contributed by atoms with Crippen molar-refractivity contribution in [1.82, 2.24) is 5.32 Å². The number of aliphatic hydroxyl groups is 3. The van der Waals surface area contributed by atoms with Crippen LogP contribution in [0.4, 0.5) is 0 Å². The van der Waals surface area contributed by atoms with Gasteiger partial charge in [-0.3, -0.25) is 9.59 Å². The van der Waals surface area contributed by atoms with Crippen LogP contribution in [0.25, 0.3) is 0 Å². The molecule has 4 N–H and O–H groups in total. The zero-order valence-corrected chi connectivity index (χ0v) is 14.4. The van der Waals surface area contributed by atoms with Gasteiger partial charge >= 0.3 is 5.97 Å². The highest BCUT2D eigenvalue weighted by Gasteiger charge is 2.45. The van der Waals surface area contributed by atoms with Crippen molar-refractivity contribution in [3.63, 3.8) is 0 Å². The first kappa shape index (κ1) is 20.8. The van der Waals surface area contributed by atoms with Crippen LogP contribution in [-0.4, -0.2) is 76.7 Å². The SMILES string of the molecule is CC(=O)N[C@@H]1C(OCCC(=O)OC(C)(C)C)[C@@H](O)C(CO)O[C@@H]1O. The molecule has 0 bridgehead atoms. The molecule has 1 saturated heterocycles. The largest absolute Gasteiger partial charge is 0.460 e. The average Bonchev–Trinajstić information content (AvgIpc) is 2.43. The van der Waals surface area contributed by atoms with Crippen LogP contribution in [0.2, 0.25) is 0 Å². The maximum atomic E-state index is 11.7. The Morgan fingerprint density at radius 3 is 2.38 bits per heavy atom. The Hall–Kier alpha value is -1.26. The third-order valence-electron chi connectivity index (χ3n) is 3.28. The number of carbonyl (C=O) groups is 2. The molecule has 1 rings (SSSR count). The van der Waals surface area contributed by atoms with Crippen molar-refractivity contribution in [3.05, 3.63) is 0 Å². The van der Waals surface area contributed by atoms with Gasteiger partial charge in [0.1, 0.15) is 30.0 Å². The van der Waals surface area contributed by atoms with E-state index in [0.29, 0.717) is 0 Å². The summed E-state index contributed by atoms with van der Waals surface area (Å²) in [5, 5.41) is 31.8. The first-order valence-corrected chi connectivity index (χ1v) is 7.78. The van der Waals surface area contributed by atoms with E-state index in [9.17, 15) is 24.9 Å². The second-order valence-corrected chi connectivity index (χ2v) is 6.64. The van der Waals surface area contributed by atoms with Crippen molar-refractivity contribution in [3.8, 4) is 0 Å². The summed E-state index contributed by atoms with van der Waals surface area (Å²) >= 11 is 0. The van der Waals surface area contributed by atoms with Crippen LogP contribution in [0.3, 0.4) is 0 Å². The molecular weight excluding hydrogens is 322 g/mol. The van der Waals surface area contributed by atoms with Crippen molar-refractivity contribution in [2.24, 2.45) is 0 Å². The summed E-state index contributed by atoms with van der Waals surface area (Å²) in [6.07, 6.45) is -4.91. The monoisotopic (exact) mass is 349 g/mol. The molecule has 9 heteroatoms. The molecule has 1 heterocycles. The van der Waals surface area contributed by atoms with Crippen molar-refractivity contribution >= 4 is 11.9 Å². The molecule has 1 aliphatic heterocycles. The number of hydrogen-bond acceptors (Lipinski definition) is 8. The molecule has 9 nitrogen and oxygen atoms in total. The van der Waals surface area contributed by atoms with Gasteiger partial charge in [-0.05, 0) is 20.8 Å². The molecule has 140 valence electrons. The number of nitrogens with one attached hydrogen (secondary N) is 1. The molecule has 0 saturated carbocycles. The van der Waals surface area contributed by atoms with Gasteiger partial charge in [0.05, 0.1) is 19.6 Å². The number of esters is 1. The summed E-state index contributed by atoms with van der Waals surface area (Å²) in [5.41, 5.74) is -0.619. The summed E-state index contributed by atoms with van der Waals surface area (Å²) in [6, 6.07) is -1.03. The molecule has 0 aromatic heterocycles. The molecule has 1 amide bonds. The molecule has 1 aliphatic rings. The third-order valence-corrected chi connectivity index (χ3v) is 3.28. The molecule has 24 heavy (non-hydrogen) atoms. The van der Waals surface area contributed by atoms with Crippen LogP contribution in [0, 0.1) is 0 Å². The Labute approximate surface area is 140 Å². The van der Waals surface area contributed by atoms with E-state index in [2.05, 4.69) is 5.32 Å². The van der Waals surface area contributed by atoms with E-state index in [1.54, 1.807) is 20.8 Å². The molecule has 0 spiro atoms. The van der Waals surface area contributed by atoms with E-state index in [0.717, 1.165) is 0 Å². The minimum absolute atomic E-state index is 0.0615. The summed E-state index contributed by atoms with van der Waals surface area (Å²) in [4.78, 5) is 22.9. The van der Waals surface area contributed by atoms with Gasteiger partial charge < -0.3 is 34.8 Å². The van der Waals surface area contributed by atoms with E-state index in [-0.39, 0.29) is 13.0 Å². The molecule has 0 aromatic carbocycles. The Balaban J connectivity index is 2.67. The normalized spacial score (nSPS) is 30.7. The number of ether oxygens (including phenoxy) is 3.